The van der Waals surface area contributed by atoms with Crippen LogP contribution in [0.4, 0.5) is 0 Å². The summed E-state index contributed by atoms with van der Waals surface area (Å²) < 4.78 is 0. The Balaban J connectivity index is 0. The standard InChI is InChI=1S/C17H33NO3.Na/c1-3-4-5-6-7-8-9-10-11-12-13-14-16(19)18(2)15-17(20)21;/h3-15H2,1-2H3,(H,20,21);. The summed E-state index contributed by atoms with van der Waals surface area (Å²) in [5.74, 6) is -1.02. The van der Waals surface area contributed by atoms with Crippen molar-refractivity contribution in [3.8, 4) is 0 Å². The van der Waals surface area contributed by atoms with Gasteiger partial charge in [0.25, 0.3) is 0 Å². The monoisotopic (exact) mass is 322 g/mol. The molecule has 0 rings (SSSR count). The molecule has 0 saturated carbocycles. The summed E-state index contributed by atoms with van der Waals surface area (Å²) in [6.07, 6.45) is 14.3. The minimum atomic E-state index is -0.954. The number of unbranched alkanes of at least 4 members (excludes halogenated alkanes) is 10. The maximum absolute atomic E-state index is 11.6. The minimum absolute atomic E-state index is 0. The largest absolute Gasteiger partial charge is 0.480 e. The van der Waals surface area contributed by atoms with Crippen LogP contribution in [-0.4, -0.2) is 65.0 Å². The minimum Gasteiger partial charge on any atom is -0.480 e. The Hall–Kier alpha value is -0.0600. The molecule has 0 aromatic heterocycles. The number of rotatable bonds is 14. The average molecular weight is 322 g/mol. The van der Waals surface area contributed by atoms with Crippen molar-refractivity contribution in [1.82, 2.24) is 4.90 Å². The Kier molecular flexibility index (Phi) is 19.0. The molecule has 125 valence electrons. The maximum atomic E-state index is 11.6. The van der Waals surface area contributed by atoms with E-state index in [0.717, 1.165) is 12.8 Å². The molecule has 0 aliphatic rings. The SMILES string of the molecule is CCCCCCCCCCCCCC(=O)N(C)CC(=O)O.[Na]. The fraction of sp³-hybridized carbons (Fsp3) is 0.882. The third kappa shape index (κ3) is 16.3. The number of nitrogens with zero attached hydrogens (tertiary/aromatic N) is 1. The Morgan fingerprint density at radius 1 is 0.818 bits per heavy atom. The molecule has 0 aliphatic carbocycles. The van der Waals surface area contributed by atoms with Gasteiger partial charge in [0.05, 0.1) is 0 Å². The van der Waals surface area contributed by atoms with Crippen LogP contribution in [0.15, 0.2) is 0 Å². The van der Waals surface area contributed by atoms with Gasteiger partial charge in [-0.1, -0.05) is 71.1 Å². The zero-order valence-electron chi connectivity index (χ0n) is 14.9. The molecule has 0 atom stereocenters. The molecule has 22 heavy (non-hydrogen) atoms. The fourth-order valence-corrected chi connectivity index (χ4v) is 2.42. The molecule has 4 nitrogen and oxygen atoms in total. The Morgan fingerprint density at radius 2 is 1.23 bits per heavy atom. The molecule has 5 heteroatoms. The van der Waals surface area contributed by atoms with Gasteiger partial charge in [0.1, 0.15) is 6.54 Å². The second-order valence-electron chi connectivity index (χ2n) is 5.93. The van der Waals surface area contributed by atoms with Crippen molar-refractivity contribution >= 4 is 41.4 Å². The number of carbonyl (C=O) groups is 2. The number of carbonyl (C=O) groups excluding carboxylic acids is 1. The van der Waals surface area contributed by atoms with Crippen LogP contribution < -0.4 is 0 Å². The predicted molar refractivity (Wildman–Crippen MR) is 92.1 cm³/mol. The van der Waals surface area contributed by atoms with Crippen molar-refractivity contribution in [3.05, 3.63) is 0 Å². The van der Waals surface area contributed by atoms with Crippen molar-refractivity contribution in [2.75, 3.05) is 13.6 Å². The number of carboxylic acids is 1. The molecule has 0 fully saturated rings. The molecule has 0 saturated heterocycles. The van der Waals surface area contributed by atoms with Crippen molar-refractivity contribution in [2.45, 2.75) is 84.0 Å². The van der Waals surface area contributed by atoms with E-state index in [4.69, 9.17) is 5.11 Å². The molecular weight excluding hydrogens is 289 g/mol. The first-order chi connectivity index (χ1) is 10.1. The van der Waals surface area contributed by atoms with Gasteiger partial charge in [-0.15, -0.1) is 0 Å². The van der Waals surface area contributed by atoms with E-state index in [1.54, 1.807) is 7.05 Å². The van der Waals surface area contributed by atoms with E-state index in [1.165, 1.54) is 62.7 Å². The van der Waals surface area contributed by atoms with E-state index in [9.17, 15) is 9.59 Å². The van der Waals surface area contributed by atoms with Crippen molar-refractivity contribution < 1.29 is 14.7 Å². The first kappa shape index (κ1) is 24.2. The van der Waals surface area contributed by atoms with E-state index in [1.807, 2.05) is 0 Å². The number of hydrogen-bond acceptors (Lipinski definition) is 2. The third-order valence-electron chi connectivity index (χ3n) is 3.79. The van der Waals surface area contributed by atoms with Gasteiger partial charge in [-0.05, 0) is 6.42 Å². The molecule has 1 N–H and O–H groups in total. The smallest absolute Gasteiger partial charge is 0.323 e. The van der Waals surface area contributed by atoms with Crippen LogP contribution in [0.1, 0.15) is 84.0 Å². The predicted octanol–water partition coefficient (Wildman–Crippen LogP) is 3.85. The summed E-state index contributed by atoms with van der Waals surface area (Å²) in [7, 11) is 1.55. The van der Waals surface area contributed by atoms with Gasteiger partial charge >= 0.3 is 5.97 Å². The molecule has 1 radical (unpaired) electrons. The summed E-state index contributed by atoms with van der Waals surface area (Å²) in [5, 5.41) is 8.60. The quantitative estimate of drug-likeness (QED) is 0.390. The van der Waals surface area contributed by atoms with E-state index >= 15 is 0 Å². The number of hydrogen-bond donors (Lipinski definition) is 1. The van der Waals surface area contributed by atoms with Gasteiger partial charge in [-0.25, -0.2) is 0 Å². The summed E-state index contributed by atoms with van der Waals surface area (Å²) >= 11 is 0. The molecule has 0 bridgehead atoms. The maximum Gasteiger partial charge on any atom is 0.323 e. The molecule has 0 unspecified atom stereocenters. The van der Waals surface area contributed by atoms with Crippen LogP contribution in [0.3, 0.4) is 0 Å². The van der Waals surface area contributed by atoms with Gasteiger partial charge in [0.2, 0.25) is 5.91 Å². The molecule has 0 spiro atoms. The second-order valence-corrected chi connectivity index (χ2v) is 5.93. The second kappa shape index (κ2) is 17.3. The van der Waals surface area contributed by atoms with Crippen LogP contribution >= 0.6 is 0 Å². The topological polar surface area (TPSA) is 57.6 Å². The van der Waals surface area contributed by atoms with E-state index in [-0.39, 0.29) is 42.0 Å². The average Bonchev–Trinajstić information content (AvgIpc) is 2.43. The number of amides is 1. The van der Waals surface area contributed by atoms with Gasteiger partial charge in [-0.3, -0.25) is 9.59 Å². The molecular formula is C17H33NNaO3. The summed E-state index contributed by atoms with van der Waals surface area (Å²) in [4.78, 5) is 23.4. The van der Waals surface area contributed by atoms with Crippen LogP contribution in [-0.2, 0) is 9.59 Å². The zero-order valence-corrected chi connectivity index (χ0v) is 16.9. The molecule has 0 aliphatic heterocycles. The molecule has 0 aromatic rings. The van der Waals surface area contributed by atoms with Crippen LogP contribution in [0.25, 0.3) is 0 Å². The molecule has 0 aromatic carbocycles. The first-order valence-corrected chi connectivity index (χ1v) is 8.53. The van der Waals surface area contributed by atoms with Crippen molar-refractivity contribution in [1.29, 1.82) is 0 Å². The summed E-state index contributed by atoms with van der Waals surface area (Å²) in [6.45, 7) is 2.04. The Bertz CT molecular complexity index is 285. The van der Waals surface area contributed by atoms with Gasteiger partial charge in [-0.2, -0.15) is 0 Å². The Morgan fingerprint density at radius 3 is 1.64 bits per heavy atom. The number of likely N-dealkylation sites (N-methyl/N-ethyl adjacent to an activating group) is 1. The van der Waals surface area contributed by atoms with E-state index in [0.29, 0.717) is 6.42 Å². The summed E-state index contributed by atoms with van der Waals surface area (Å²) in [5.41, 5.74) is 0. The Labute approximate surface area is 158 Å². The number of carboxylic acid groups (broad SMARTS) is 1. The van der Waals surface area contributed by atoms with Crippen LogP contribution in [0.2, 0.25) is 0 Å². The molecule has 1 amide bonds. The van der Waals surface area contributed by atoms with Crippen molar-refractivity contribution in [2.24, 2.45) is 0 Å². The zero-order chi connectivity index (χ0) is 15.9. The van der Waals surface area contributed by atoms with Gasteiger partial charge < -0.3 is 10.0 Å². The van der Waals surface area contributed by atoms with Gasteiger partial charge in [0, 0.05) is 43.0 Å². The van der Waals surface area contributed by atoms with Crippen LogP contribution in [0.5, 0.6) is 0 Å². The number of aliphatic carboxylic acids is 1. The van der Waals surface area contributed by atoms with Crippen molar-refractivity contribution in [3.63, 3.8) is 0 Å². The van der Waals surface area contributed by atoms with Crippen LogP contribution in [0, 0.1) is 0 Å². The van der Waals surface area contributed by atoms with E-state index in [2.05, 4.69) is 6.92 Å². The fourth-order valence-electron chi connectivity index (χ4n) is 2.42. The molecule has 0 heterocycles. The van der Waals surface area contributed by atoms with Gasteiger partial charge in [0.15, 0.2) is 0 Å². The third-order valence-corrected chi connectivity index (χ3v) is 3.79. The summed E-state index contributed by atoms with van der Waals surface area (Å²) in [6, 6.07) is 0. The van der Waals surface area contributed by atoms with E-state index < -0.39 is 5.97 Å². The first-order valence-electron chi connectivity index (χ1n) is 8.53. The normalized spacial score (nSPS) is 10.1.